The van der Waals surface area contributed by atoms with Crippen LogP contribution in [-0.4, -0.2) is 39.2 Å². The van der Waals surface area contributed by atoms with Crippen LogP contribution in [0.3, 0.4) is 0 Å². The highest BCUT2D eigenvalue weighted by molar-refractivity contribution is 7.95. The number of sulfone groups is 1. The zero-order valence-electron chi connectivity index (χ0n) is 13.1. The van der Waals surface area contributed by atoms with Crippen LogP contribution >= 0.6 is 0 Å². The first-order chi connectivity index (χ1) is 12.0. The van der Waals surface area contributed by atoms with Gasteiger partial charge in [-0.3, -0.25) is 13.1 Å². The van der Waals surface area contributed by atoms with E-state index in [0.29, 0.717) is 0 Å². The van der Waals surface area contributed by atoms with Gasteiger partial charge in [-0.15, -0.1) is 0 Å². The molecule has 0 spiro atoms. The summed E-state index contributed by atoms with van der Waals surface area (Å²) in [5.41, 5.74) is -2.59. The highest BCUT2D eigenvalue weighted by atomic mass is 32.2. The van der Waals surface area contributed by atoms with Crippen molar-refractivity contribution in [1.82, 2.24) is 0 Å². The maximum atomic E-state index is 13.7. The minimum atomic E-state index is -7.17. The molecule has 0 aromatic rings. The van der Waals surface area contributed by atoms with Gasteiger partial charge in [0.15, 0.2) is 0 Å². The average Bonchev–Trinajstić information content (AvgIpc) is 2.52. The predicted molar refractivity (Wildman–Crippen MR) is 76.1 cm³/mol. The number of hydrogen-bond acceptors (Lipinski definition) is 5. The monoisotopic (exact) mass is 441 g/mol. The Morgan fingerprint density at radius 1 is 1.04 bits per heavy atom. The Bertz CT molecular complexity index is 872. The van der Waals surface area contributed by atoms with E-state index in [9.17, 15) is 48.3 Å². The Balaban J connectivity index is 6.42. The fraction of sp³-hybridized carbons (Fsp3) is 0.636. The summed E-state index contributed by atoms with van der Waals surface area (Å²) in [7, 11) is -13.9. The molecule has 0 aromatic carbocycles. The van der Waals surface area contributed by atoms with Crippen LogP contribution in [0.1, 0.15) is 26.2 Å². The minimum absolute atomic E-state index is 0.0846. The molecule has 0 amide bonds. The van der Waals surface area contributed by atoms with Gasteiger partial charge in [0.1, 0.15) is 0 Å². The summed E-state index contributed by atoms with van der Waals surface area (Å²) in [6.07, 6.45) is -0.617. The largest absolute Gasteiger partial charge is 0.861 e. The number of sulfonamides is 1. The third kappa shape index (κ3) is 4.06. The molecule has 0 saturated heterocycles. The summed E-state index contributed by atoms with van der Waals surface area (Å²) >= 11 is 0. The van der Waals surface area contributed by atoms with E-state index in [4.69, 9.17) is 13.1 Å². The molecule has 0 N–H and O–H groups in total. The summed E-state index contributed by atoms with van der Waals surface area (Å²) < 4.78 is 129. The van der Waals surface area contributed by atoms with Crippen LogP contribution in [0.2, 0.25) is 0 Å². The lowest BCUT2D eigenvalue weighted by Crippen LogP contribution is -2.60. The van der Waals surface area contributed by atoms with Crippen LogP contribution in [0.25, 0.3) is 9.69 Å². The summed E-state index contributed by atoms with van der Waals surface area (Å²) in [5, 5.41) is -2.61. The molecule has 0 aliphatic carbocycles. The van der Waals surface area contributed by atoms with E-state index in [-0.39, 0.29) is 12.8 Å². The number of hydrogen-bond donors (Lipinski definition) is 0. The molecule has 0 atom stereocenters. The highest BCUT2D eigenvalue weighted by Crippen LogP contribution is 2.53. The second-order valence-electron chi connectivity index (χ2n) is 4.68. The summed E-state index contributed by atoms with van der Waals surface area (Å²) in [5.74, 6) is -9.01. The molecule has 0 aliphatic rings. The van der Waals surface area contributed by atoms with Crippen molar-refractivity contribution in [2.45, 2.75) is 42.6 Å². The summed E-state index contributed by atoms with van der Waals surface area (Å²) in [4.78, 5) is 3.45. The van der Waals surface area contributed by atoms with Gasteiger partial charge in [0, 0.05) is 0 Å². The van der Waals surface area contributed by atoms with Crippen LogP contribution in [0.15, 0.2) is 4.40 Å². The van der Waals surface area contributed by atoms with E-state index in [1.54, 1.807) is 9.69 Å². The van der Waals surface area contributed by atoms with Gasteiger partial charge in [-0.25, -0.2) is 8.42 Å². The lowest BCUT2D eigenvalue weighted by Gasteiger charge is -2.31. The van der Waals surface area contributed by atoms with Gasteiger partial charge >= 0.3 is 32.0 Å². The molecule has 0 bridgehead atoms. The van der Waals surface area contributed by atoms with Crippen molar-refractivity contribution in [1.29, 1.82) is 0 Å². The maximum absolute atomic E-state index is 13.7. The summed E-state index contributed by atoms with van der Waals surface area (Å²) in [6.45, 7) is 13.9. The fourth-order valence-electron chi connectivity index (χ4n) is 1.32. The molecule has 0 saturated carbocycles. The average molecular weight is 441 g/mol. The SMILES string of the molecule is [C-]#[N+][C-]([N+]#[C-])S(=O)(=O)C(F)(F)C(F)(F)C(F)(F)S(=O)(=O)N=C([O-])CCCC. The maximum Gasteiger partial charge on any atom is 0.434 e. The van der Waals surface area contributed by atoms with Crippen LogP contribution in [0.5, 0.6) is 0 Å². The van der Waals surface area contributed by atoms with E-state index in [2.05, 4.69) is 0 Å². The number of nitrogens with zero attached hydrogens (tertiary/aromatic N) is 3. The van der Waals surface area contributed by atoms with Gasteiger partial charge < -0.3 is 14.8 Å². The zero-order chi connectivity index (χ0) is 21.9. The van der Waals surface area contributed by atoms with Gasteiger partial charge in [-0.1, -0.05) is 13.3 Å². The molecule has 0 aromatic heterocycles. The Labute approximate surface area is 150 Å². The molecule has 0 unspecified atom stereocenters. The van der Waals surface area contributed by atoms with Crippen molar-refractivity contribution in [2.75, 3.05) is 0 Å². The molecule has 0 radical (unpaired) electrons. The second kappa shape index (κ2) is 7.81. The molecule has 16 heteroatoms. The Morgan fingerprint density at radius 3 is 1.85 bits per heavy atom. The number of halogens is 6. The molecule has 0 aliphatic heterocycles. The Morgan fingerprint density at radius 2 is 1.48 bits per heavy atom. The molecule has 0 fully saturated rings. The lowest BCUT2D eigenvalue weighted by atomic mass is 10.2. The molecular weight excluding hydrogens is 432 g/mol. The van der Waals surface area contributed by atoms with E-state index in [1.165, 1.54) is 6.92 Å². The van der Waals surface area contributed by atoms with E-state index >= 15 is 0 Å². The van der Waals surface area contributed by atoms with Crippen LogP contribution in [0, 0.1) is 18.6 Å². The molecule has 8 nitrogen and oxygen atoms in total. The smallest absolute Gasteiger partial charge is 0.434 e. The van der Waals surface area contributed by atoms with E-state index < -0.39 is 54.1 Å². The third-order valence-electron chi connectivity index (χ3n) is 2.79. The zero-order valence-corrected chi connectivity index (χ0v) is 14.7. The van der Waals surface area contributed by atoms with Gasteiger partial charge in [0.25, 0.3) is 9.84 Å². The number of unbranched alkanes of at least 4 members (excludes halogenated alkanes) is 1. The normalized spacial score (nSPS) is 14.3. The minimum Gasteiger partial charge on any atom is -0.861 e. The Hall–Kier alpha value is -2.20. The van der Waals surface area contributed by atoms with E-state index in [1.807, 2.05) is 4.40 Å². The van der Waals surface area contributed by atoms with Crippen molar-refractivity contribution in [3.8, 4) is 0 Å². The van der Waals surface area contributed by atoms with Crippen molar-refractivity contribution in [3.05, 3.63) is 28.3 Å². The van der Waals surface area contributed by atoms with Gasteiger partial charge in [-0.05, 0) is 18.7 Å². The van der Waals surface area contributed by atoms with Crippen molar-refractivity contribution in [3.63, 3.8) is 0 Å². The first-order valence-corrected chi connectivity index (χ1v) is 9.40. The fourth-order valence-corrected chi connectivity index (χ4v) is 3.25. The second-order valence-corrected chi connectivity index (χ2v) is 8.21. The van der Waals surface area contributed by atoms with Gasteiger partial charge in [-0.2, -0.15) is 39.2 Å². The number of alkyl halides is 6. The topological polar surface area (TPSA) is 112 Å². The van der Waals surface area contributed by atoms with Crippen LogP contribution in [-0.2, 0) is 19.9 Å². The molecule has 0 rings (SSSR count). The van der Waals surface area contributed by atoms with Crippen molar-refractivity contribution in [2.24, 2.45) is 4.40 Å². The molecular formula is C11H9F6N3O5S2-2. The van der Waals surface area contributed by atoms with Crippen LogP contribution < -0.4 is 5.11 Å². The first-order valence-electron chi connectivity index (χ1n) is 6.48. The predicted octanol–water partition coefficient (Wildman–Crippen LogP) is 1.79. The number of rotatable bonds is 9. The molecule has 154 valence electrons. The third-order valence-corrected chi connectivity index (χ3v) is 5.73. The van der Waals surface area contributed by atoms with Crippen LogP contribution in [0.4, 0.5) is 26.3 Å². The van der Waals surface area contributed by atoms with E-state index in [0.717, 1.165) is 0 Å². The van der Waals surface area contributed by atoms with Crippen molar-refractivity contribution >= 4 is 25.8 Å². The quantitative estimate of drug-likeness (QED) is 0.234. The summed E-state index contributed by atoms with van der Waals surface area (Å²) in [6, 6.07) is 0. The lowest BCUT2D eigenvalue weighted by molar-refractivity contribution is -0.243. The van der Waals surface area contributed by atoms with Crippen molar-refractivity contribution < 1.29 is 48.3 Å². The first kappa shape index (κ1) is 24.8. The van der Waals surface area contributed by atoms with Gasteiger partial charge in [0.05, 0.1) is 0 Å². The molecule has 27 heavy (non-hydrogen) atoms. The molecule has 0 heterocycles. The van der Waals surface area contributed by atoms with Gasteiger partial charge in [0.2, 0.25) is 0 Å². The Kier molecular flexibility index (Phi) is 7.17. The highest BCUT2D eigenvalue weighted by Gasteiger charge is 2.82. The standard InChI is InChI=1S/C11H10F6N3O5S2/c1-4-5-6-7(21)20-27(24,25)11(16,17)9(12,13)10(14,15)26(22,23)8(18-2)19-3/h4-6H2,1H3,(H,20,21)/q-1/p-1.